The second-order valence-corrected chi connectivity index (χ2v) is 5.53. The van der Waals surface area contributed by atoms with Gasteiger partial charge in [-0.3, -0.25) is 10.1 Å². The number of fused-ring (bicyclic) bond motifs is 1. The maximum Gasteiger partial charge on any atom is 0.296 e. The van der Waals surface area contributed by atoms with Crippen LogP contribution in [-0.4, -0.2) is 30.2 Å². The lowest BCUT2D eigenvalue weighted by atomic mass is 9.91. The molecule has 0 unspecified atom stereocenters. The minimum atomic E-state index is -0.394. The second kappa shape index (κ2) is 5.77. The largest absolute Gasteiger partial charge is 0.486 e. The van der Waals surface area contributed by atoms with E-state index in [-0.39, 0.29) is 17.8 Å². The smallest absolute Gasteiger partial charge is 0.296 e. The molecular weight excluding hydrogens is 274 g/mol. The highest BCUT2D eigenvalue weighted by molar-refractivity contribution is 5.69. The van der Waals surface area contributed by atoms with E-state index < -0.39 is 4.92 Å². The molecule has 3 rings (SSSR count). The number of nitro groups is 1. The fourth-order valence-electron chi connectivity index (χ4n) is 2.83. The van der Waals surface area contributed by atoms with Gasteiger partial charge in [-0.15, -0.1) is 0 Å². The first kappa shape index (κ1) is 13.9. The number of anilines is 1. The lowest BCUT2D eigenvalue weighted by molar-refractivity contribution is -0.384. The molecule has 0 atom stereocenters. The number of nitrogens with two attached hydrogens (primary N) is 1. The Hall–Kier alpha value is -2.02. The van der Waals surface area contributed by atoms with E-state index in [0.29, 0.717) is 30.4 Å². The van der Waals surface area contributed by atoms with Gasteiger partial charge in [0.25, 0.3) is 5.69 Å². The molecule has 0 aromatic heterocycles. The Kier molecular flexibility index (Phi) is 3.83. The molecule has 1 fully saturated rings. The number of hydrogen-bond acceptors (Lipinski definition) is 6. The predicted molar refractivity (Wildman–Crippen MR) is 77.9 cm³/mol. The van der Waals surface area contributed by atoms with Crippen LogP contribution in [0.25, 0.3) is 0 Å². The van der Waals surface area contributed by atoms with E-state index in [9.17, 15) is 10.1 Å². The number of nitro benzene ring substituents is 1. The lowest BCUT2D eigenvalue weighted by Crippen LogP contribution is -2.33. The van der Waals surface area contributed by atoms with Gasteiger partial charge in [-0.05, 0) is 25.7 Å². The van der Waals surface area contributed by atoms with Crippen molar-refractivity contribution in [1.82, 2.24) is 0 Å². The quantitative estimate of drug-likeness (QED) is 0.653. The summed E-state index contributed by atoms with van der Waals surface area (Å²) < 4.78 is 10.9. The van der Waals surface area contributed by atoms with Crippen molar-refractivity contribution in [1.29, 1.82) is 0 Å². The molecule has 0 spiro atoms. The van der Waals surface area contributed by atoms with Crippen LogP contribution in [0.2, 0.25) is 0 Å². The summed E-state index contributed by atoms with van der Waals surface area (Å²) >= 11 is 0. The van der Waals surface area contributed by atoms with Crippen LogP contribution in [0.1, 0.15) is 25.7 Å². The average molecular weight is 293 g/mol. The van der Waals surface area contributed by atoms with Crippen LogP contribution in [0.4, 0.5) is 11.4 Å². The molecule has 21 heavy (non-hydrogen) atoms. The predicted octanol–water partition coefficient (Wildman–Crippen LogP) is 2.05. The fraction of sp³-hybridized carbons (Fsp3) is 0.571. The van der Waals surface area contributed by atoms with Crippen molar-refractivity contribution in [3.63, 3.8) is 0 Å². The van der Waals surface area contributed by atoms with Crippen LogP contribution in [0, 0.1) is 10.1 Å². The van der Waals surface area contributed by atoms with Crippen LogP contribution in [-0.2, 0) is 0 Å². The van der Waals surface area contributed by atoms with Crippen molar-refractivity contribution in [2.45, 2.75) is 37.8 Å². The first-order valence-corrected chi connectivity index (χ1v) is 7.23. The molecule has 1 aromatic carbocycles. The Bertz CT molecular complexity index is 541. The summed E-state index contributed by atoms with van der Waals surface area (Å²) in [6, 6.07) is 3.57. The number of nitrogens with zero attached hydrogens (tertiary/aromatic N) is 1. The zero-order chi connectivity index (χ0) is 14.8. The molecule has 1 saturated carbocycles. The molecule has 1 aliphatic carbocycles. The number of nitrogens with one attached hydrogen (secondary N) is 1. The second-order valence-electron chi connectivity index (χ2n) is 5.53. The molecule has 0 saturated heterocycles. The van der Waals surface area contributed by atoms with Crippen molar-refractivity contribution in [3.05, 3.63) is 22.2 Å². The van der Waals surface area contributed by atoms with E-state index in [4.69, 9.17) is 15.2 Å². The monoisotopic (exact) mass is 293 g/mol. The van der Waals surface area contributed by atoms with Crippen molar-refractivity contribution in [3.8, 4) is 11.5 Å². The number of rotatable bonds is 3. The van der Waals surface area contributed by atoms with Crippen LogP contribution >= 0.6 is 0 Å². The van der Waals surface area contributed by atoms with E-state index in [0.717, 1.165) is 25.7 Å². The van der Waals surface area contributed by atoms with Crippen molar-refractivity contribution in [2.24, 2.45) is 5.73 Å². The molecule has 7 heteroatoms. The van der Waals surface area contributed by atoms with Gasteiger partial charge in [-0.2, -0.15) is 0 Å². The molecule has 1 heterocycles. The van der Waals surface area contributed by atoms with Gasteiger partial charge in [0, 0.05) is 18.2 Å². The van der Waals surface area contributed by atoms with Crippen LogP contribution < -0.4 is 20.5 Å². The number of hydrogen-bond donors (Lipinski definition) is 2. The molecule has 0 amide bonds. The number of benzene rings is 1. The Morgan fingerprint density at radius 3 is 2.38 bits per heavy atom. The highest BCUT2D eigenvalue weighted by Crippen LogP contribution is 2.40. The van der Waals surface area contributed by atoms with E-state index in [1.807, 2.05) is 0 Å². The van der Waals surface area contributed by atoms with E-state index in [2.05, 4.69) is 5.32 Å². The third kappa shape index (κ3) is 3.02. The van der Waals surface area contributed by atoms with Crippen LogP contribution in [0.15, 0.2) is 12.1 Å². The topological polar surface area (TPSA) is 99.7 Å². The van der Waals surface area contributed by atoms with Gasteiger partial charge >= 0.3 is 0 Å². The summed E-state index contributed by atoms with van der Waals surface area (Å²) in [6.45, 7) is 0.875. The van der Waals surface area contributed by atoms with Gasteiger partial charge in [0.1, 0.15) is 18.9 Å². The Morgan fingerprint density at radius 2 is 1.76 bits per heavy atom. The SMILES string of the molecule is NC1CCC(Nc2cc3c(cc2[N+](=O)[O-])OCCO3)CC1. The van der Waals surface area contributed by atoms with Gasteiger partial charge in [0.15, 0.2) is 11.5 Å². The Morgan fingerprint density at radius 1 is 1.14 bits per heavy atom. The van der Waals surface area contributed by atoms with Gasteiger partial charge < -0.3 is 20.5 Å². The molecular formula is C14H19N3O4. The first-order valence-electron chi connectivity index (χ1n) is 7.23. The summed E-state index contributed by atoms with van der Waals surface area (Å²) in [7, 11) is 0. The molecule has 0 radical (unpaired) electrons. The molecule has 1 aliphatic heterocycles. The third-order valence-corrected chi connectivity index (χ3v) is 3.99. The average Bonchev–Trinajstić information content (AvgIpc) is 2.48. The molecule has 1 aromatic rings. The normalized spacial score (nSPS) is 24.4. The maximum atomic E-state index is 11.3. The first-order chi connectivity index (χ1) is 10.1. The van der Waals surface area contributed by atoms with Crippen molar-refractivity contribution >= 4 is 11.4 Å². The van der Waals surface area contributed by atoms with Crippen molar-refractivity contribution < 1.29 is 14.4 Å². The molecule has 114 valence electrons. The maximum absolute atomic E-state index is 11.3. The summed E-state index contributed by atoms with van der Waals surface area (Å²) in [5, 5.41) is 14.5. The Balaban J connectivity index is 1.84. The molecule has 7 nitrogen and oxygen atoms in total. The zero-order valence-electron chi connectivity index (χ0n) is 11.7. The standard InChI is InChI=1S/C14H19N3O4/c15-9-1-3-10(4-2-9)16-11-7-13-14(21-6-5-20-13)8-12(11)17(18)19/h7-10,16H,1-6,15H2. The van der Waals surface area contributed by atoms with Crippen LogP contribution in [0.3, 0.4) is 0 Å². The van der Waals surface area contributed by atoms with E-state index >= 15 is 0 Å². The fourth-order valence-corrected chi connectivity index (χ4v) is 2.83. The molecule has 2 aliphatic rings. The zero-order valence-corrected chi connectivity index (χ0v) is 11.7. The minimum absolute atomic E-state index is 0.0223. The summed E-state index contributed by atoms with van der Waals surface area (Å²) in [6.07, 6.45) is 3.73. The van der Waals surface area contributed by atoms with Crippen LogP contribution in [0.5, 0.6) is 11.5 Å². The van der Waals surface area contributed by atoms with Gasteiger partial charge in [0.2, 0.25) is 0 Å². The Labute approximate surface area is 122 Å². The minimum Gasteiger partial charge on any atom is -0.486 e. The third-order valence-electron chi connectivity index (χ3n) is 3.99. The van der Waals surface area contributed by atoms with E-state index in [1.54, 1.807) is 6.07 Å². The number of ether oxygens (including phenoxy) is 2. The summed E-state index contributed by atoms with van der Waals surface area (Å²) in [5.74, 6) is 0.992. The van der Waals surface area contributed by atoms with Gasteiger partial charge in [-0.25, -0.2) is 0 Å². The van der Waals surface area contributed by atoms with Gasteiger partial charge in [0.05, 0.1) is 11.0 Å². The lowest BCUT2D eigenvalue weighted by Gasteiger charge is -2.28. The molecule has 0 bridgehead atoms. The molecule has 3 N–H and O–H groups in total. The van der Waals surface area contributed by atoms with E-state index in [1.165, 1.54) is 6.07 Å². The highest BCUT2D eigenvalue weighted by Gasteiger charge is 2.25. The summed E-state index contributed by atoms with van der Waals surface area (Å²) in [4.78, 5) is 10.9. The van der Waals surface area contributed by atoms with Crippen molar-refractivity contribution in [2.75, 3.05) is 18.5 Å². The summed E-state index contributed by atoms with van der Waals surface area (Å²) in [5.41, 5.74) is 6.40. The highest BCUT2D eigenvalue weighted by atomic mass is 16.6. The van der Waals surface area contributed by atoms with Gasteiger partial charge in [-0.1, -0.05) is 0 Å².